The van der Waals surface area contributed by atoms with E-state index in [0.29, 0.717) is 13.2 Å². The van der Waals surface area contributed by atoms with Gasteiger partial charge in [-0.3, -0.25) is 0 Å². The van der Waals surface area contributed by atoms with Crippen LogP contribution in [0.1, 0.15) is 11.1 Å². The summed E-state index contributed by atoms with van der Waals surface area (Å²) < 4.78 is 5.03. The van der Waals surface area contributed by atoms with Crippen LogP contribution in [-0.2, 0) is 17.9 Å². The van der Waals surface area contributed by atoms with Gasteiger partial charge in [0, 0.05) is 13.7 Å². The monoisotopic (exact) mass is 194 g/mol. The Labute approximate surface area is 83.1 Å². The van der Waals surface area contributed by atoms with Crippen molar-refractivity contribution in [1.29, 1.82) is 0 Å². The minimum absolute atomic E-state index is 0.439. The quantitative estimate of drug-likeness (QED) is 0.751. The summed E-state index contributed by atoms with van der Waals surface area (Å²) in [4.78, 5) is 10.5. The minimum atomic E-state index is -0.516. The standard InChI is InChI=1S/C10H14N2O2/c1-14-7-9-5-3-2-4-8(9)6-12-10(11)13/h2-5H,6-7H2,1H3,(H3,11,12,13). The second-order valence-corrected chi connectivity index (χ2v) is 2.92. The number of carbonyl (C=O) groups excluding carboxylic acids is 1. The number of nitrogens with one attached hydrogen (secondary N) is 1. The van der Waals surface area contributed by atoms with Gasteiger partial charge in [-0.1, -0.05) is 24.3 Å². The average Bonchev–Trinajstić information content (AvgIpc) is 2.17. The van der Waals surface area contributed by atoms with Crippen molar-refractivity contribution in [2.75, 3.05) is 7.11 Å². The molecule has 1 aromatic carbocycles. The highest BCUT2D eigenvalue weighted by Crippen LogP contribution is 2.09. The van der Waals surface area contributed by atoms with Crippen molar-refractivity contribution in [3.8, 4) is 0 Å². The van der Waals surface area contributed by atoms with Crippen molar-refractivity contribution in [2.24, 2.45) is 5.73 Å². The Morgan fingerprint density at radius 2 is 2.07 bits per heavy atom. The molecule has 0 unspecified atom stereocenters. The molecular weight excluding hydrogens is 180 g/mol. The summed E-state index contributed by atoms with van der Waals surface area (Å²) in [7, 11) is 1.64. The lowest BCUT2D eigenvalue weighted by atomic mass is 10.1. The van der Waals surface area contributed by atoms with E-state index in [9.17, 15) is 4.79 Å². The maximum atomic E-state index is 10.5. The number of nitrogens with two attached hydrogens (primary N) is 1. The highest BCUT2D eigenvalue weighted by molar-refractivity contribution is 5.71. The van der Waals surface area contributed by atoms with Crippen LogP contribution in [0, 0.1) is 0 Å². The zero-order valence-corrected chi connectivity index (χ0v) is 8.12. The fraction of sp³-hybridized carbons (Fsp3) is 0.300. The zero-order chi connectivity index (χ0) is 10.4. The summed E-state index contributed by atoms with van der Waals surface area (Å²) in [5.41, 5.74) is 7.06. The molecule has 0 aliphatic carbocycles. The van der Waals surface area contributed by atoms with Crippen LogP contribution in [0.15, 0.2) is 24.3 Å². The van der Waals surface area contributed by atoms with E-state index in [0.717, 1.165) is 11.1 Å². The number of hydrogen-bond donors (Lipinski definition) is 2. The van der Waals surface area contributed by atoms with Gasteiger partial charge in [0.1, 0.15) is 0 Å². The Morgan fingerprint density at radius 3 is 2.64 bits per heavy atom. The predicted octanol–water partition coefficient (Wildman–Crippen LogP) is 1.00. The predicted molar refractivity (Wildman–Crippen MR) is 53.6 cm³/mol. The lowest BCUT2D eigenvalue weighted by Gasteiger charge is -2.08. The van der Waals surface area contributed by atoms with E-state index in [4.69, 9.17) is 10.5 Å². The molecule has 0 aromatic heterocycles. The van der Waals surface area contributed by atoms with E-state index in [1.54, 1.807) is 7.11 Å². The topological polar surface area (TPSA) is 64.3 Å². The highest BCUT2D eigenvalue weighted by atomic mass is 16.5. The van der Waals surface area contributed by atoms with Crippen molar-refractivity contribution in [3.05, 3.63) is 35.4 Å². The molecule has 76 valence electrons. The molecule has 0 radical (unpaired) electrons. The third kappa shape index (κ3) is 3.06. The van der Waals surface area contributed by atoms with E-state index in [1.165, 1.54) is 0 Å². The van der Waals surface area contributed by atoms with E-state index in [2.05, 4.69) is 5.32 Å². The summed E-state index contributed by atoms with van der Waals surface area (Å²) in [6, 6.07) is 7.22. The number of hydrogen-bond acceptors (Lipinski definition) is 2. The molecule has 0 aliphatic rings. The Morgan fingerprint density at radius 1 is 1.43 bits per heavy atom. The normalized spacial score (nSPS) is 9.79. The maximum absolute atomic E-state index is 10.5. The van der Waals surface area contributed by atoms with Crippen LogP contribution < -0.4 is 11.1 Å². The van der Waals surface area contributed by atoms with Gasteiger partial charge in [0.2, 0.25) is 0 Å². The third-order valence-corrected chi connectivity index (χ3v) is 1.87. The second kappa shape index (κ2) is 5.24. The van der Waals surface area contributed by atoms with Gasteiger partial charge in [0.05, 0.1) is 6.61 Å². The molecule has 3 N–H and O–H groups in total. The molecule has 0 fully saturated rings. The van der Waals surface area contributed by atoms with E-state index in [-0.39, 0.29) is 0 Å². The van der Waals surface area contributed by atoms with E-state index < -0.39 is 6.03 Å². The lowest BCUT2D eigenvalue weighted by molar-refractivity contribution is 0.184. The van der Waals surface area contributed by atoms with E-state index >= 15 is 0 Å². The first-order chi connectivity index (χ1) is 6.74. The summed E-state index contributed by atoms with van der Waals surface area (Å²) in [5, 5.41) is 2.54. The Kier molecular flexibility index (Phi) is 3.94. The van der Waals surface area contributed by atoms with Crippen molar-refractivity contribution in [1.82, 2.24) is 5.32 Å². The van der Waals surface area contributed by atoms with Crippen LogP contribution in [0.4, 0.5) is 4.79 Å². The molecule has 0 heterocycles. The summed E-state index contributed by atoms with van der Waals surface area (Å²) in [6.07, 6.45) is 0. The SMILES string of the molecule is COCc1ccccc1CNC(N)=O. The molecule has 2 amide bonds. The Bertz CT molecular complexity index is 313. The number of primary amides is 1. The first-order valence-electron chi connectivity index (χ1n) is 4.33. The minimum Gasteiger partial charge on any atom is -0.380 e. The van der Waals surface area contributed by atoms with Crippen molar-refractivity contribution < 1.29 is 9.53 Å². The van der Waals surface area contributed by atoms with Crippen molar-refractivity contribution in [2.45, 2.75) is 13.2 Å². The smallest absolute Gasteiger partial charge is 0.312 e. The molecule has 4 heteroatoms. The molecule has 1 aromatic rings. The zero-order valence-electron chi connectivity index (χ0n) is 8.12. The summed E-state index contributed by atoms with van der Waals surface area (Å²) in [6.45, 7) is 0.978. The van der Waals surface area contributed by atoms with Crippen LogP contribution in [0.3, 0.4) is 0 Å². The van der Waals surface area contributed by atoms with Gasteiger partial charge in [-0.25, -0.2) is 4.79 Å². The van der Waals surface area contributed by atoms with Gasteiger partial charge in [0.15, 0.2) is 0 Å². The van der Waals surface area contributed by atoms with Gasteiger partial charge in [-0.15, -0.1) is 0 Å². The number of methoxy groups -OCH3 is 1. The van der Waals surface area contributed by atoms with Gasteiger partial charge >= 0.3 is 6.03 Å². The maximum Gasteiger partial charge on any atom is 0.312 e. The lowest BCUT2D eigenvalue weighted by Crippen LogP contribution is -2.29. The molecular formula is C10H14N2O2. The van der Waals surface area contributed by atoms with Crippen molar-refractivity contribution >= 4 is 6.03 Å². The Hall–Kier alpha value is -1.55. The fourth-order valence-corrected chi connectivity index (χ4v) is 1.21. The number of benzene rings is 1. The Balaban J connectivity index is 2.68. The van der Waals surface area contributed by atoms with Gasteiger partial charge in [0.25, 0.3) is 0 Å². The van der Waals surface area contributed by atoms with Crippen LogP contribution >= 0.6 is 0 Å². The number of carbonyl (C=O) groups is 1. The molecule has 0 spiro atoms. The third-order valence-electron chi connectivity index (χ3n) is 1.87. The average molecular weight is 194 g/mol. The number of rotatable bonds is 4. The molecule has 0 aliphatic heterocycles. The number of ether oxygens (including phenoxy) is 1. The largest absolute Gasteiger partial charge is 0.380 e. The highest BCUT2D eigenvalue weighted by Gasteiger charge is 2.01. The molecule has 4 nitrogen and oxygen atoms in total. The molecule has 1 rings (SSSR count). The molecule has 0 saturated heterocycles. The molecule has 0 atom stereocenters. The van der Waals surface area contributed by atoms with E-state index in [1.807, 2.05) is 24.3 Å². The second-order valence-electron chi connectivity index (χ2n) is 2.92. The molecule has 14 heavy (non-hydrogen) atoms. The fourth-order valence-electron chi connectivity index (χ4n) is 1.21. The number of urea groups is 1. The first kappa shape index (κ1) is 10.5. The van der Waals surface area contributed by atoms with Crippen molar-refractivity contribution in [3.63, 3.8) is 0 Å². The van der Waals surface area contributed by atoms with Gasteiger partial charge in [-0.05, 0) is 11.1 Å². The van der Waals surface area contributed by atoms with Crippen LogP contribution in [0.5, 0.6) is 0 Å². The summed E-state index contributed by atoms with van der Waals surface area (Å²) >= 11 is 0. The van der Waals surface area contributed by atoms with Crippen LogP contribution in [0.2, 0.25) is 0 Å². The van der Waals surface area contributed by atoms with Gasteiger partial charge in [-0.2, -0.15) is 0 Å². The summed E-state index contributed by atoms with van der Waals surface area (Å²) in [5.74, 6) is 0. The van der Waals surface area contributed by atoms with Crippen LogP contribution in [0.25, 0.3) is 0 Å². The molecule has 0 bridgehead atoms. The first-order valence-corrected chi connectivity index (χ1v) is 4.33. The van der Waals surface area contributed by atoms with Crippen LogP contribution in [-0.4, -0.2) is 13.1 Å². The number of amides is 2. The molecule has 0 saturated carbocycles. The van der Waals surface area contributed by atoms with Gasteiger partial charge < -0.3 is 15.8 Å².